The van der Waals surface area contributed by atoms with Crippen molar-refractivity contribution in [3.8, 4) is 0 Å². The Morgan fingerprint density at radius 2 is 2.04 bits per heavy atom. The van der Waals surface area contributed by atoms with Gasteiger partial charge in [0.2, 0.25) is 0 Å². The molecular weight excluding hydrogens is 320 g/mol. The Hall–Kier alpha value is -1.17. The Morgan fingerprint density at radius 3 is 2.76 bits per heavy atom. The van der Waals surface area contributed by atoms with E-state index in [4.69, 9.17) is 14.6 Å². The van der Waals surface area contributed by atoms with Gasteiger partial charge in [0.05, 0.1) is 18.3 Å². The summed E-state index contributed by atoms with van der Waals surface area (Å²) >= 11 is 0. The Kier molecular flexibility index (Phi) is 8.65. The van der Waals surface area contributed by atoms with E-state index < -0.39 is 12.1 Å². The first-order chi connectivity index (χ1) is 12.1. The number of hydrogen-bond donors (Lipinski definition) is 2. The molecule has 0 spiro atoms. The highest BCUT2D eigenvalue weighted by Crippen LogP contribution is 2.40. The number of ether oxygens (including phenoxy) is 2. The number of rotatable bonds is 12. The summed E-state index contributed by atoms with van der Waals surface area (Å²) in [4.78, 5) is 10.5. The third-order valence-corrected chi connectivity index (χ3v) is 4.92. The molecule has 0 radical (unpaired) electrons. The number of carboxylic acids is 1. The number of unbranched alkanes of at least 4 members (excludes halogenated alkanes) is 3. The number of fused-ring (bicyclic) bond motifs is 2. The van der Waals surface area contributed by atoms with Crippen LogP contribution in [0.15, 0.2) is 24.3 Å². The summed E-state index contributed by atoms with van der Waals surface area (Å²) in [6.07, 6.45) is 15.4. The molecule has 2 bridgehead atoms. The maximum absolute atomic E-state index is 10.5. The van der Waals surface area contributed by atoms with Crippen molar-refractivity contribution in [2.24, 2.45) is 5.92 Å². The van der Waals surface area contributed by atoms with Crippen LogP contribution >= 0.6 is 0 Å². The Balaban J connectivity index is 1.76. The van der Waals surface area contributed by atoms with E-state index in [1.54, 1.807) is 0 Å². The first-order valence-electron chi connectivity index (χ1n) is 9.64. The molecule has 3 aliphatic heterocycles. The molecule has 3 heterocycles. The highest BCUT2D eigenvalue weighted by molar-refractivity contribution is 5.66. The molecule has 0 amide bonds. The summed E-state index contributed by atoms with van der Waals surface area (Å²) in [7, 11) is 0. The molecule has 0 aromatic rings. The molecule has 25 heavy (non-hydrogen) atoms. The van der Waals surface area contributed by atoms with Crippen molar-refractivity contribution in [2.75, 3.05) is 0 Å². The summed E-state index contributed by atoms with van der Waals surface area (Å²) in [5.41, 5.74) is 0. The average molecular weight is 352 g/mol. The molecular formula is C20H32O5. The minimum atomic E-state index is -0.745. The van der Waals surface area contributed by atoms with Gasteiger partial charge in [0, 0.05) is 18.8 Å². The number of aliphatic carboxylic acids is 1. The van der Waals surface area contributed by atoms with Gasteiger partial charge in [-0.05, 0) is 25.7 Å². The minimum Gasteiger partial charge on any atom is -0.481 e. The topological polar surface area (TPSA) is 76.0 Å². The van der Waals surface area contributed by atoms with Crippen LogP contribution in [0.3, 0.4) is 0 Å². The van der Waals surface area contributed by atoms with Crippen LogP contribution in [0.5, 0.6) is 0 Å². The lowest BCUT2D eigenvalue weighted by Gasteiger charge is -2.49. The second-order valence-corrected chi connectivity index (χ2v) is 7.05. The number of carbonyl (C=O) groups is 1. The fourth-order valence-corrected chi connectivity index (χ4v) is 3.38. The first-order valence-corrected chi connectivity index (χ1v) is 9.64. The zero-order valence-corrected chi connectivity index (χ0v) is 15.2. The third-order valence-electron chi connectivity index (χ3n) is 4.92. The van der Waals surface area contributed by atoms with Gasteiger partial charge in [0.25, 0.3) is 0 Å². The lowest BCUT2D eigenvalue weighted by molar-refractivity contribution is -0.337. The second-order valence-electron chi connectivity index (χ2n) is 7.05. The van der Waals surface area contributed by atoms with Crippen molar-refractivity contribution in [3.05, 3.63) is 24.3 Å². The summed E-state index contributed by atoms with van der Waals surface area (Å²) in [5.74, 6) is -0.481. The third kappa shape index (κ3) is 6.92. The van der Waals surface area contributed by atoms with E-state index in [2.05, 4.69) is 13.0 Å². The average Bonchev–Trinajstić information content (AvgIpc) is 2.55. The van der Waals surface area contributed by atoms with Crippen molar-refractivity contribution >= 4 is 5.97 Å². The van der Waals surface area contributed by atoms with Crippen LogP contribution in [0.25, 0.3) is 0 Å². The summed E-state index contributed by atoms with van der Waals surface area (Å²) < 4.78 is 11.6. The van der Waals surface area contributed by atoms with Crippen molar-refractivity contribution in [2.45, 2.75) is 89.3 Å². The van der Waals surface area contributed by atoms with Crippen LogP contribution in [0, 0.1) is 5.92 Å². The number of hydrogen-bond acceptors (Lipinski definition) is 4. The van der Waals surface area contributed by atoms with Gasteiger partial charge in [-0.2, -0.15) is 0 Å². The van der Waals surface area contributed by atoms with E-state index >= 15 is 0 Å². The standard InChI is InChI=1S/C20H32O5/c1-2-3-6-9-15(21)12-13-17-16(18-14-20(24-17)25-18)10-7-4-5-8-11-19(22)23/h4,7,12-13,15-18,20-21H,2-3,5-6,8-11,14H2,1H3,(H,22,23)/t15-,16-,17?,18+,20-/m1/s1. The molecule has 142 valence electrons. The summed E-state index contributed by atoms with van der Waals surface area (Å²) in [5, 5.41) is 18.7. The highest BCUT2D eigenvalue weighted by atomic mass is 16.7. The SMILES string of the molecule is CCCCC[C@@H](O)C=CC1O[C@H]2C[C@H](O2)[C@@H]1CC=CCCCC(=O)O. The molecule has 1 unspecified atom stereocenters. The zero-order chi connectivity index (χ0) is 18.1. The smallest absolute Gasteiger partial charge is 0.303 e. The maximum Gasteiger partial charge on any atom is 0.303 e. The van der Waals surface area contributed by atoms with Gasteiger partial charge in [-0.1, -0.05) is 50.5 Å². The molecule has 5 nitrogen and oxygen atoms in total. The largest absolute Gasteiger partial charge is 0.481 e. The number of aliphatic hydroxyl groups excluding tert-OH is 1. The molecule has 0 aromatic carbocycles. The lowest BCUT2D eigenvalue weighted by Crippen LogP contribution is -2.55. The van der Waals surface area contributed by atoms with Crippen molar-refractivity contribution < 1.29 is 24.5 Å². The van der Waals surface area contributed by atoms with Crippen LogP contribution in [0.4, 0.5) is 0 Å². The normalized spacial score (nSPS) is 29.8. The van der Waals surface area contributed by atoms with Crippen LogP contribution in [-0.2, 0) is 14.3 Å². The maximum atomic E-state index is 10.5. The van der Waals surface area contributed by atoms with Gasteiger partial charge in [0.15, 0.2) is 6.29 Å². The van der Waals surface area contributed by atoms with Crippen LogP contribution < -0.4 is 0 Å². The quantitative estimate of drug-likeness (QED) is 0.412. The lowest BCUT2D eigenvalue weighted by atomic mass is 9.84. The second kappa shape index (κ2) is 10.7. The van der Waals surface area contributed by atoms with Crippen LogP contribution in [-0.4, -0.2) is 40.8 Å². The number of carboxylic acid groups (broad SMARTS) is 1. The number of allylic oxidation sites excluding steroid dienone is 2. The predicted octanol–water partition coefficient (Wildman–Crippen LogP) is 3.82. The van der Waals surface area contributed by atoms with E-state index in [1.165, 1.54) is 0 Å². The van der Waals surface area contributed by atoms with Gasteiger partial charge in [-0.25, -0.2) is 0 Å². The zero-order valence-electron chi connectivity index (χ0n) is 15.2. The van der Waals surface area contributed by atoms with Gasteiger partial charge >= 0.3 is 5.97 Å². The van der Waals surface area contributed by atoms with Crippen LogP contribution in [0.2, 0.25) is 0 Å². The van der Waals surface area contributed by atoms with Gasteiger partial charge in [-0.15, -0.1) is 0 Å². The Bertz CT molecular complexity index is 453. The van der Waals surface area contributed by atoms with Crippen molar-refractivity contribution in [3.63, 3.8) is 0 Å². The number of aliphatic hydroxyl groups is 1. The predicted molar refractivity (Wildman–Crippen MR) is 96.2 cm³/mol. The van der Waals surface area contributed by atoms with E-state index in [-0.39, 0.29) is 30.8 Å². The summed E-state index contributed by atoms with van der Waals surface area (Å²) in [6.45, 7) is 2.16. The molecule has 3 fully saturated rings. The molecule has 3 aliphatic rings. The molecule has 3 saturated heterocycles. The van der Waals surface area contributed by atoms with E-state index in [0.717, 1.165) is 44.9 Å². The van der Waals surface area contributed by atoms with E-state index in [0.29, 0.717) is 6.42 Å². The Labute approximate surface area is 150 Å². The van der Waals surface area contributed by atoms with E-state index in [9.17, 15) is 9.90 Å². The molecule has 0 aromatic heterocycles. The molecule has 0 aliphatic carbocycles. The van der Waals surface area contributed by atoms with E-state index in [1.807, 2.05) is 18.2 Å². The minimum absolute atomic E-state index is 0.0120. The molecule has 5 heteroatoms. The Morgan fingerprint density at radius 1 is 1.24 bits per heavy atom. The van der Waals surface area contributed by atoms with Gasteiger partial charge in [0.1, 0.15) is 0 Å². The fraction of sp³-hybridized carbons (Fsp3) is 0.750. The fourth-order valence-electron chi connectivity index (χ4n) is 3.38. The summed E-state index contributed by atoms with van der Waals surface area (Å²) in [6, 6.07) is 0. The van der Waals surface area contributed by atoms with Gasteiger partial charge < -0.3 is 19.7 Å². The molecule has 2 N–H and O–H groups in total. The highest BCUT2D eigenvalue weighted by Gasteiger charge is 2.46. The van der Waals surface area contributed by atoms with Crippen molar-refractivity contribution in [1.82, 2.24) is 0 Å². The first kappa shape index (κ1) is 20.1. The van der Waals surface area contributed by atoms with Crippen LogP contribution in [0.1, 0.15) is 64.7 Å². The molecule has 3 rings (SSSR count). The molecule has 0 saturated carbocycles. The van der Waals surface area contributed by atoms with Crippen molar-refractivity contribution in [1.29, 1.82) is 0 Å². The monoisotopic (exact) mass is 352 g/mol. The molecule has 5 atom stereocenters. The van der Waals surface area contributed by atoms with Gasteiger partial charge in [-0.3, -0.25) is 4.79 Å².